The molecule has 0 bridgehead atoms. The van der Waals surface area contributed by atoms with Gasteiger partial charge in [0.05, 0.1) is 6.61 Å². The second kappa shape index (κ2) is 5.89. The molecule has 0 amide bonds. The first-order valence-electron chi connectivity index (χ1n) is 4.88. The molecule has 2 atom stereocenters. The number of esters is 1. The Morgan fingerprint density at radius 2 is 1.94 bits per heavy atom. The molecular formula is C11H14O4S. The van der Waals surface area contributed by atoms with Gasteiger partial charge in [-0.2, -0.15) is 0 Å². The van der Waals surface area contributed by atoms with E-state index in [2.05, 4.69) is 17.4 Å². The molecule has 0 aliphatic rings. The zero-order valence-electron chi connectivity index (χ0n) is 8.83. The molecule has 4 nitrogen and oxygen atoms in total. The first-order chi connectivity index (χ1) is 7.56. The Morgan fingerprint density at radius 3 is 2.44 bits per heavy atom. The summed E-state index contributed by atoms with van der Waals surface area (Å²) in [7, 11) is 0. The van der Waals surface area contributed by atoms with Crippen LogP contribution in [0, 0.1) is 0 Å². The van der Waals surface area contributed by atoms with E-state index in [4.69, 9.17) is 0 Å². The molecule has 1 rings (SSSR count). The van der Waals surface area contributed by atoms with Crippen LogP contribution in [0.5, 0.6) is 0 Å². The fraction of sp³-hybridized carbons (Fsp3) is 0.364. The van der Waals surface area contributed by atoms with Crippen molar-refractivity contribution in [3.8, 4) is 0 Å². The molecule has 88 valence electrons. The monoisotopic (exact) mass is 242 g/mol. The number of hydrogen-bond donors (Lipinski definition) is 3. The summed E-state index contributed by atoms with van der Waals surface area (Å²) >= 11 is 4.09. The third kappa shape index (κ3) is 3.23. The number of ether oxygens (including phenoxy) is 1. The Balaban J connectivity index is 2.73. The van der Waals surface area contributed by atoms with Crippen LogP contribution in [-0.4, -0.2) is 28.9 Å². The highest BCUT2D eigenvalue weighted by atomic mass is 32.1. The van der Waals surface area contributed by atoms with E-state index in [9.17, 15) is 15.0 Å². The minimum atomic E-state index is -1.56. The van der Waals surface area contributed by atoms with Crippen molar-refractivity contribution in [2.24, 2.45) is 0 Å². The number of rotatable bonds is 4. The van der Waals surface area contributed by atoms with Crippen molar-refractivity contribution in [3.05, 3.63) is 29.8 Å². The van der Waals surface area contributed by atoms with Crippen molar-refractivity contribution in [3.63, 3.8) is 0 Å². The third-order valence-electron chi connectivity index (χ3n) is 2.06. The molecular weight excluding hydrogens is 228 g/mol. The summed E-state index contributed by atoms with van der Waals surface area (Å²) < 4.78 is 4.61. The largest absolute Gasteiger partial charge is 0.464 e. The van der Waals surface area contributed by atoms with E-state index in [1.807, 2.05) is 0 Å². The highest BCUT2D eigenvalue weighted by Crippen LogP contribution is 2.19. The molecule has 0 fully saturated rings. The van der Waals surface area contributed by atoms with Crippen LogP contribution in [0.2, 0.25) is 0 Å². The maximum Gasteiger partial charge on any atom is 0.338 e. The van der Waals surface area contributed by atoms with Gasteiger partial charge in [0, 0.05) is 4.90 Å². The van der Waals surface area contributed by atoms with Gasteiger partial charge in [-0.3, -0.25) is 0 Å². The van der Waals surface area contributed by atoms with Crippen molar-refractivity contribution >= 4 is 18.6 Å². The summed E-state index contributed by atoms with van der Waals surface area (Å²) in [6.45, 7) is 1.80. The Kier molecular flexibility index (Phi) is 4.79. The summed E-state index contributed by atoms with van der Waals surface area (Å²) in [5.74, 6) is -0.829. The predicted octanol–water partition coefficient (Wildman–Crippen LogP) is 0.933. The van der Waals surface area contributed by atoms with Crippen LogP contribution in [-0.2, 0) is 9.53 Å². The topological polar surface area (TPSA) is 66.8 Å². The average molecular weight is 242 g/mol. The van der Waals surface area contributed by atoms with Crippen molar-refractivity contribution in [1.82, 2.24) is 0 Å². The number of benzene rings is 1. The standard InChI is InChI=1S/C11H14O4S/c1-2-15-11(14)10(13)9(12)7-3-5-8(16)6-4-7/h3-6,9-10,12-13,16H,2H2,1H3. The second-order valence-electron chi connectivity index (χ2n) is 3.23. The summed E-state index contributed by atoms with van der Waals surface area (Å²) in [6.07, 6.45) is -2.85. The molecule has 0 aliphatic heterocycles. The Morgan fingerprint density at radius 1 is 1.38 bits per heavy atom. The van der Waals surface area contributed by atoms with Gasteiger partial charge < -0.3 is 14.9 Å². The minimum Gasteiger partial charge on any atom is -0.464 e. The van der Waals surface area contributed by atoms with Crippen molar-refractivity contribution in [1.29, 1.82) is 0 Å². The van der Waals surface area contributed by atoms with E-state index in [0.717, 1.165) is 4.90 Å². The molecule has 0 spiro atoms. The lowest BCUT2D eigenvalue weighted by Crippen LogP contribution is -2.29. The number of carbonyl (C=O) groups is 1. The molecule has 1 aromatic rings. The number of aliphatic hydroxyl groups excluding tert-OH is 2. The van der Waals surface area contributed by atoms with E-state index in [1.54, 1.807) is 31.2 Å². The van der Waals surface area contributed by atoms with Crippen LogP contribution in [0.3, 0.4) is 0 Å². The van der Waals surface area contributed by atoms with E-state index in [0.29, 0.717) is 5.56 Å². The van der Waals surface area contributed by atoms with Gasteiger partial charge in [0.15, 0.2) is 6.10 Å². The van der Waals surface area contributed by atoms with Crippen LogP contribution < -0.4 is 0 Å². The third-order valence-corrected chi connectivity index (χ3v) is 2.36. The quantitative estimate of drug-likeness (QED) is 0.543. The van der Waals surface area contributed by atoms with Crippen molar-refractivity contribution in [2.45, 2.75) is 24.0 Å². The van der Waals surface area contributed by atoms with Gasteiger partial charge in [-0.1, -0.05) is 12.1 Å². The fourth-order valence-corrected chi connectivity index (χ4v) is 1.36. The van der Waals surface area contributed by atoms with Crippen LogP contribution in [0.15, 0.2) is 29.2 Å². The van der Waals surface area contributed by atoms with Crippen molar-refractivity contribution in [2.75, 3.05) is 6.61 Å². The van der Waals surface area contributed by atoms with Gasteiger partial charge in [0.2, 0.25) is 0 Å². The van der Waals surface area contributed by atoms with Crippen LogP contribution >= 0.6 is 12.6 Å². The van der Waals surface area contributed by atoms with Crippen molar-refractivity contribution < 1.29 is 19.7 Å². The van der Waals surface area contributed by atoms with Gasteiger partial charge in [-0.15, -0.1) is 12.6 Å². The van der Waals surface area contributed by atoms with Gasteiger partial charge in [-0.25, -0.2) is 4.79 Å². The number of thiol groups is 1. The van der Waals surface area contributed by atoms with Gasteiger partial charge in [0.25, 0.3) is 0 Å². The van der Waals surface area contributed by atoms with Gasteiger partial charge in [-0.05, 0) is 24.6 Å². The highest BCUT2D eigenvalue weighted by molar-refractivity contribution is 7.80. The van der Waals surface area contributed by atoms with Gasteiger partial charge in [0.1, 0.15) is 6.10 Å². The molecule has 1 aromatic carbocycles. The summed E-state index contributed by atoms with van der Waals surface area (Å²) in [4.78, 5) is 11.9. The molecule has 0 aliphatic carbocycles. The summed E-state index contributed by atoms with van der Waals surface area (Å²) in [5.41, 5.74) is 0.443. The molecule has 5 heteroatoms. The van der Waals surface area contributed by atoms with Gasteiger partial charge >= 0.3 is 5.97 Å². The van der Waals surface area contributed by atoms with Crippen LogP contribution in [0.25, 0.3) is 0 Å². The molecule has 16 heavy (non-hydrogen) atoms. The maximum atomic E-state index is 11.2. The molecule has 0 saturated heterocycles. The van der Waals surface area contributed by atoms with Crippen LogP contribution in [0.4, 0.5) is 0 Å². The highest BCUT2D eigenvalue weighted by Gasteiger charge is 2.26. The first-order valence-corrected chi connectivity index (χ1v) is 5.32. The Labute approximate surface area is 99.3 Å². The molecule has 0 aromatic heterocycles. The Bertz CT molecular complexity index is 350. The first kappa shape index (κ1) is 13.0. The number of carbonyl (C=O) groups excluding carboxylic acids is 1. The van der Waals surface area contributed by atoms with E-state index in [-0.39, 0.29) is 6.61 Å². The lowest BCUT2D eigenvalue weighted by molar-refractivity contribution is -0.159. The summed E-state index contributed by atoms with van der Waals surface area (Å²) in [6, 6.07) is 6.52. The smallest absolute Gasteiger partial charge is 0.338 e. The summed E-state index contributed by atoms with van der Waals surface area (Å²) in [5, 5.41) is 19.2. The molecule has 0 saturated carbocycles. The maximum absolute atomic E-state index is 11.2. The van der Waals surface area contributed by atoms with Crippen LogP contribution in [0.1, 0.15) is 18.6 Å². The number of aliphatic hydroxyl groups is 2. The SMILES string of the molecule is CCOC(=O)C(O)C(O)c1ccc(S)cc1. The fourth-order valence-electron chi connectivity index (χ4n) is 1.21. The molecule has 0 heterocycles. The zero-order valence-corrected chi connectivity index (χ0v) is 9.72. The number of hydrogen-bond acceptors (Lipinski definition) is 5. The second-order valence-corrected chi connectivity index (χ2v) is 3.75. The lowest BCUT2D eigenvalue weighted by atomic mass is 10.0. The van der Waals surface area contributed by atoms with E-state index < -0.39 is 18.2 Å². The molecule has 2 unspecified atom stereocenters. The normalized spacial score (nSPS) is 14.2. The minimum absolute atomic E-state index is 0.165. The predicted molar refractivity (Wildman–Crippen MR) is 61.3 cm³/mol. The molecule has 0 radical (unpaired) electrons. The van der Waals surface area contributed by atoms with E-state index in [1.165, 1.54) is 0 Å². The van der Waals surface area contributed by atoms with E-state index >= 15 is 0 Å². The lowest BCUT2D eigenvalue weighted by Gasteiger charge is -2.16. The Hall–Kier alpha value is -1.04. The molecule has 2 N–H and O–H groups in total. The average Bonchev–Trinajstić information content (AvgIpc) is 2.28. The zero-order chi connectivity index (χ0) is 12.1.